The molecule has 0 amide bonds. The highest BCUT2D eigenvalue weighted by molar-refractivity contribution is 5.94. The van der Waals surface area contributed by atoms with Gasteiger partial charge in [-0.15, -0.1) is 0 Å². The van der Waals surface area contributed by atoms with Crippen molar-refractivity contribution in [2.75, 3.05) is 4.90 Å². The molecule has 0 fully saturated rings. The number of benzene rings is 10. The van der Waals surface area contributed by atoms with Crippen LogP contribution in [0.2, 0.25) is 0 Å². The minimum Gasteiger partial charge on any atom is -0.310 e. The number of hydrogen-bond donors (Lipinski definition) is 0. The number of hydrogen-bond acceptors (Lipinski definition) is 1. The van der Waals surface area contributed by atoms with Gasteiger partial charge in [-0.3, -0.25) is 0 Å². The molecule has 10 rings (SSSR count). The summed E-state index contributed by atoms with van der Waals surface area (Å²) in [7, 11) is 0. The Kier molecular flexibility index (Phi) is 8.95. The highest BCUT2D eigenvalue weighted by Gasteiger charge is 2.20. The molecular formula is C56H39N. The van der Waals surface area contributed by atoms with Crippen molar-refractivity contribution >= 4 is 38.6 Å². The second kappa shape index (κ2) is 15.0. The Bertz CT molecular complexity index is 2980. The van der Waals surface area contributed by atoms with Crippen LogP contribution >= 0.6 is 0 Å². The van der Waals surface area contributed by atoms with Crippen molar-refractivity contribution in [1.82, 2.24) is 0 Å². The van der Waals surface area contributed by atoms with Crippen molar-refractivity contribution in [3.05, 3.63) is 237 Å². The molecule has 0 radical (unpaired) electrons. The van der Waals surface area contributed by atoms with Crippen LogP contribution < -0.4 is 4.90 Å². The number of anilines is 3. The van der Waals surface area contributed by atoms with Crippen molar-refractivity contribution in [3.8, 4) is 55.6 Å². The standard InChI is InChI=1S/C56H39N/c1-3-12-40(13-4-1)43-22-24-44(25-23-43)45-30-33-53(34-31-45)57(54-21-11-20-49(38-54)50-28-26-41-14-7-9-18-47(41)36-50)56-39-52(32-35-55(56)46-16-5-2-6-17-46)51-29-27-42-15-8-10-19-48(42)37-51/h1-39H. The molecule has 0 unspecified atom stereocenters. The van der Waals surface area contributed by atoms with Crippen LogP contribution in [0, 0.1) is 0 Å². The summed E-state index contributed by atoms with van der Waals surface area (Å²) in [6, 6.07) is 85.8. The molecule has 0 aromatic heterocycles. The van der Waals surface area contributed by atoms with Crippen LogP contribution in [-0.2, 0) is 0 Å². The number of fused-ring (bicyclic) bond motifs is 2. The average Bonchev–Trinajstić information content (AvgIpc) is 3.30. The third-order valence-corrected chi connectivity index (χ3v) is 11.0. The van der Waals surface area contributed by atoms with Gasteiger partial charge in [-0.05, 0) is 114 Å². The molecule has 0 aliphatic carbocycles. The molecule has 10 aromatic carbocycles. The zero-order chi connectivity index (χ0) is 38.0. The Balaban J connectivity index is 1.13. The van der Waals surface area contributed by atoms with Gasteiger partial charge in [0.05, 0.1) is 5.69 Å². The van der Waals surface area contributed by atoms with E-state index in [9.17, 15) is 0 Å². The summed E-state index contributed by atoms with van der Waals surface area (Å²) >= 11 is 0. The molecule has 0 aliphatic rings. The van der Waals surface area contributed by atoms with Gasteiger partial charge in [0.15, 0.2) is 0 Å². The second-order valence-corrected chi connectivity index (χ2v) is 14.6. The smallest absolute Gasteiger partial charge is 0.0546 e. The third-order valence-electron chi connectivity index (χ3n) is 11.0. The molecule has 0 aliphatic heterocycles. The molecule has 0 bridgehead atoms. The molecule has 1 heteroatoms. The van der Waals surface area contributed by atoms with E-state index in [1.165, 1.54) is 71.6 Å². The number of nitrogens with zero attached hydrogens (tertiary/aromatic N) is 1. The SMILES string of the molecule is c1ccc(-c2ccc(-c3ccc(N(c4cccc(-c5ccc6ccccc6c5)c4)c4cc(-c5ccc6ccccc6c5)ccc4-c4ccccc4)cc3)cc2)cc1. The summed E-state index contributed by atoms with van der Waals surface area (Å²) in [4.78, 5) is 2.43. The van der Waals surface area contributed by atoms with Gasteiger partial charge in [-0.2, -0.15) is 0 Å². The zero-order valence-electron chi connectivity index (χ0n) is 31.5. The summed E-state index contributed by atoms with van der Waals surface area (Å²) < 4.78 is 0. The maximum atomic E-state index is 2.43. The van der Waals surface area contributed by atoms with Gasteiger partial charge >= 0.3 is 0 Å². The first-order valence-corrected chi connectivity index (χ1v) is 19.6. The Morgan fingerprint density at radius 1 is 0.211 bits per heavy atom. The first-order chi connectivity index (χ1) is 28.2. The fourth-order valence-corrected chi connectivity index (χ4v) is 8.04. The molecule has 10 aromatic rings. The third kappa shape index (κ3) is 6.88. The maximum Gasteiger partial charge on any atom is 0.0546 e. The lowest BCUT2D eigenvalue weighted by molar-refractivity contribution is 1.28. The predicted octanol–water partition coefficient (Wildman–Crippen LogP) is 15.8. The van der Waals surface area contributed by atoms with E-state index in [2.05, 4.69) is 241 Å². The monoisotopic (exact) mass is 725 g/mol. The molecule has 1 nitrogen and oxygen atoms in total. The van der Waals surface area contributed by atoms with Gasteiger partial charge in [-0.25, -0.2) is 0 Å². The molecule has 0 spiro atoms. The Morgan fingerprint density at radius 3 is 1.19 bits per heavy atom. The summed E-state index contributed by atoms with van der Waals surface area (Å²) in [5, 5.41) is 4.95. The van der Waals surface area contributed by atoms with Crippen LogP contribution in [0.25, 0.3) is 77.2 Å². The van der Waals surface area contributed by atoms with Crippen LogP contribution in [0.4, 0.5) is 17.1 Å². The van der Waals surface area contributed by atoms with Gasteiger partial charge in [0.2, 0.25) is 0 Å². The summed E-state index contributed by atoms with van der Waals surface area (Å²) in [5.41, 5.74) is 15.2. The lowest BCUT2D eigenvalue weighted by Gasteiger charge is -2.29. The van der Waals surface area contributed by atoms with E-state index < -0.39 is 0 Å². The maximum absolute atomic E-state index is 2.43. The largest absolute Gasteiger partial charge is 0.310 e. The average molecular weight is 726 g/mol. The zero-order valence-corrected chi connectivity index (χ0v) is 31.5. The fraction of sp³-hybridized carbons (Fsp3) is 0. The van der Waals surface area contributed by atoms with Crippen LogP contribution in [0.5, 0.6) is 0 Å². The van der Waals surface area contributed by atoms with Crippen molar-refractivity contribution < 1.29 is 0 Å². The lowest BCUT2D eigenvalue weighted by Crippen LogP contribution is -2.11. The predicted molar refractivity (Wildman–Crippen MR) is 243 cm³/mol. The van der Waals surface area contributed by atoms with E-state index in [1.54, 1.807) is 0 Å². The lowest BCUT2D eigenvalue weighted by atomic mass is 9.95. The van der Waals surface area contributed by atoms with Crippen LogP contribution in [0.15, 0.2) is 237 Å². The van der Waals surface area contributed by atoms with Crippen molar-refractivity contribution in [1.29, 1.82) is 0 Å². The van der Waals surface area contributed by atoms with E-state index in [0.29, 0.717) is 0 Å². The molecular weight excluding hydrogens is 687 g/mol. The van der Waals surface area contributed by atoms with Crippen molar-refractivity contribution in [2.45, 2.75) is 0 Å². The first kappa shape index (κ1) is 34.0. The van der Waals surface area contributed by atoms with Gasteiger partial charge in [0.1, 0.15) is 0 Å². The van der Waals surface area contributed by atoms with E-state index in [4.69, 9.17) is 0 Å². The molecule has 57 heavy (non-hydrogen) atoms. The summed E-state index contributed by atoms with van der Waals surface area (Å²) in [6.07, 6.45) is 0. The Hall–Kier alpha value is -7.48. The van der Waals surface area contributed by atoms with E-state index in [1.807, 2.05) is 0 Å². The summed E-state index contributed by atoms with van der Waals surface area (Å²) in [5.74, 6) is 0. The molecule has 0 N–H and O–H groups in total. The Labute approximate surface area is 334 Å². The first-order valence-electron chi connectivity index (χ1n) is 19.6. The second-order valence-electron chi connectivity index (χ2n) is 14.6. The van der Waals surface area contributed by atoms with Gasteiger partial charge < -0.3 is 4.90 Å². The molecule has 0 atom stereocenters. The highest BCUT2D eigenvalue weighted by Crippen LogP contribution is 2.44. The van der Waals surface area contributed by atoms with Crippen molar-refractivity contribution in [3.63, 3.8) is 0 Å². The normalized spacial score (nSPS) is 11.2. The van der Waals surface area contributed by atoms with E-state index in [-0.39, 0.29) is 0 Å². The molecule has 0 saturated heterocycles. The minimum atomic E-state index is 1.09. The Morgan fingerprint density at radius 2 is 0.614 bits per heavy atom. The van der Waals surface area contributed by atoms with Gasteiger partial charge in [0.25, 0.3) is 0 Å². The van der Waals surface area contributed by atoms with Crippen LogP contribution in [0.1, 0.15) is 0 Å². The van der Waals surface area contributed by atoms with Crippen LogP contribution in [-0.4, -0.2) is 0 Å². The van der Waals surface area contributed by atoms with Crippen LogP contribution in [0.3, 0.4) is 0 Å². The van der Waals surface area contributed by atoms with Gasteiger partial charge in [-0.1, -0.05) is 194 Å². The molecule has 0 heterocycles. The van der Waals surface area contributed by atoms with Gasteiger partial charge in [0, 0.05) is 16.9 Å². The van der Waals surface area contributed by atoms with Crippen molar-refractivity contribution in [2.24, 2.45) is 0 Å². The minimum absolute atomic E-state index is 1.09. The highest BCUT2D eigenvalue weighted by atomic mass is 15.1. The van der Waals surface area contributed by atoms with E-state index >= 15 is 0 Å². The molecule has 0 saturated carbocycles. The quantitative estimate of drug-likeness (QED) is 0.151. The number of rotatable bonds is 8. The van der Waals surface area contributed by atoms with E-state index in [0.717, 1.165) is 22.6 Å². The summed E-state index contributed by atoms with van der Waals surface area (Å²) in [6.45, 7) is 0. The fourth-order valence-electron chi connectivity index (χ4n) is 8.04. The topological polar surface area (TPSA) is 3.24 Å². The molecule has 268 valence electrons.